The molecule has 3 rings (SSSR count). The van der Waals surface area contributed by atoms with E-state index in [9.17, 15) is 10.1 Å². The lowest BCUT2D eigenvalue weighted by atomic mass is 10.1. The van der Waals surface area contributed by atoms with Crippen LogP contribution in [0.3, 0.4) is 0 Å². The molecule has 0 saturated carbocycles. The van der Waals surface area contributed by atoms with Crippen molar-refractivity contribution in [1.82, 2.24) is 15.5 Å². The van der Waals surface area contributed by atoms with Crippen LogP contribution in [0.25, 0.3) is 0 Å². The quantitative estimate of drug-likeness (QED) is 0.306. The Balaban J connectivity index is 1.60. The molecule has 0 spiro atoms. The molecule has 156 valence electrons. The summed E-state index contributed by atoms with van der Waals surface area (Å²) in [6, 6.07) is 10.7. The number of aliphatic imine (C=N–C) groups is 1. The molecule has 29 heavy (non-hydrogen) atoms. The molecule has 1 aliphatic heterocycles. The molecular formula is C21H29N5O3. The lowest BCUT2D eigenvalue weighted by Gasteiger charge is -2.32. The summed E-state index contributed by atoms with van der Waals surface area (Å²) in [7, 11) is 0. The molecule has 0 aliphatic carbocycles. The van der Waals surface area contributed by atoms with Crippen LogP contribution >= 0.6 is 0 Å². The molecule has 0 atom stereocenters. The van der Waals surface area contributed by atoms with Crippen molar-refractivity contribution in [3.63, 3.8) is 0 Å². The molecule has 1 aromatic heterocycles. The van der Waals surface area contributed by atoms with E-state index in [0.717, 1.165) is 49.8 Å². The van der Waals surface area contributed by atoms with Gasteiger partial charge in [0, 0.05) is 31.3 Å². The topological polar surface area (TPSA) is 95.9 Å². The summed E-state index contributed by atoms with van der Waals surface area (Å²) in [4.78, 5) is 17.6. The SMILES string of the molecule is CCCN1CCC(NC(=NCc2ccc([N+](=O)[O-])cc2)NCc2ccco2)CC1. The summed E-state index contributed by atoms with van der Waals surface area (Å²) in [6.45, 7) is 6.56. The fourth-order valence-electron chi connectivity index (χ4n) is 3.44. The molecular weight excluding hydrogens is 370 g/mol. The molecule has 1 saturated heterocycles. The minimum absolute atomic E-state index is 0.0888. The highest BCUT2D eigenvalue weighted by molar-refractivity contribution is 5.80. The first kappa shape index (κ1) is 20.9. The van der Waals surface area contributed by atoms with E-state index in [1.165, 1.54) is 18.6 Å². The van der Waals surface area contributed by atoms with Crippen molar-refractivity contribution >= 4 is 11.6 Å². The molecule has 8 nitrogen and oxygen atoms in total. The number of benzene rings is 1. The van der Waals surface area contributed by atoms with Gasteiger partial charge in [0.15, 0.2) is 5.96 Å². The van der Waals surface area contributed by atoms with Crippen molar-refractivity contribution in [1.29, 1.82) is 0 Å². The summed E-state index contributed by atoms with van der Waals surface area (Å²) in [6.07, 6.45) is 5.00. The van der Waals surface area contributed by atoms with Gasteiger partial charge in [0.2, 0.25) is 0 Å². The number of nitro benzene ring substituents is 1. The van der Waals surface area contributed by atoms with Gasteiger partial charge in [-0.05, 0) is 43.5 Å². The van der Waals surface area contributed by atoms with E-state index < -0.39 is 4.92 Å². The molecule has 2 heterocycles. The number of non-ortho nitro benzene ring substituents is 1. The second kappa shape index (κ2) is 10.6. The Morgan fingerprint density at radius 3 is 2.66 bits per heavy atom. The van der Waals surface area contributed by atoms with Crippen LogP contribution in [0.4, 0.5) is 5.69 Å². The minimum Gasteiger partial charge on any atom is -0.467 e. The standard InChI is InChI=1S/C21H29N5O3/c1-2-11-25-12-9-18(10-13-25)24-21(23-16-20-4-3-14-29-20)22-15-17-5-7-19(8-6-17)26(27)28/h3-8,14,18H,2,9-13,15-16H2,1H3,(H2,22,23,24). The molecule has 8 heteroatoms. The van der Waals surface area contributed by atoms with Gasteiger partial charge >= 0.3 is 0 Å². The van der Waals surface area contributed by atoms with E-state index in [0.29, 0.717) is 19.1 Å². The van der Waals surface area contributed by atoms with Crippen LogP contribution in [-0.4, -0.2) is 41.5 Å². The number of nitro groups is 1. The van der Waals surface area contributed by atoms with E-state index in [2.05, 4.69) is 27.4 Å². The van der Waals surface area contributed by atoms with E-state index in [-0.39, 0.29) is 5.69 Å². The normalized spacial score (nSPS) is 16.0. The number of guanidine groups is 1. The van der Waals surface area contributed by atoms with Gasteiger partial charge in [-0.15, -0.1) is 0 Å². The number of rotatable bonds is 8. The maximum Gasteiger partial charge on any atom is 0.269 e. The third kappa shape index (κ3) is 6.60. The first-order valence-electron chi connectivity index (χ1n) is 10.2. The maximum absolute atomic E-state index is 10.8. The van der Waals surface area contributed by atoms with Crippen LogP contribution in [0.15, 0.2) is 52.1 Å². The average molecular weight is 399 g/mol. The Morgan fingerprint density at radius 2 is 2.03 bits per heavy atom. The fraction of sp³-hybridized carbons (Fsp3) is 0.476. The molecule has 0 unspecified atom stereocenters. The molecule has 1 aliphatic rings. The summed E-state index contributed by atoms with van der Waals surface area (Å²) in [5.41, 5.74) is 1.01. The first-order chi connectivity index (χ1) is 14.1. The third-order valence-electron chi connectivity index (χ3n) is 5.05. The van der Waals surface area contributed by atoms with Crippen LogP contribution in [-0.2, 0) is 13.1 Å². The van der Waals surface area contributed by atoms with Gasteiger partial charge in [0.05, 0.1) is 24.3 Å². The zero-order valence-electron chi connectivity index (χ0n) is 16.8. The van der Waals surface area contributed by atoms with E-state index in [4.69, 9.17) is 4.42 Å². The zero-order valence-corrected chi connectivity index (χ0v) is 16.8. The van der Waals surface area contributed by atoms with E-state index >= 15 is 0 Å². The Labute approximate surface area is 171 Å². The predicted octanol–water partition coefficient (Wildman–Crippen LogP) is 3.30. The smallest absolute Gasteiger partial charge is 0.269 e. The van der Waals surface area contributed by atoms with Crippen molar-refractivity contribution < 1.29 is 9.34 Å². The average Bonchev–Trinajstić information content (AvgIpc) is 3.25. The first-order valence-corrected chi connectivity index (χ1v) is 10.2. The van der Waals surface area contributed by atoms with Crippen LogP contribution < -0.4 is 10.6 Å². The van der Waals surface area contributed by atoms with Crippen LogP contribution in [0, 0.1) is 10.1 Å². The minimum atomic E-state index is -0.393. The van der Waals surface area contributed by atoms with Crippen molar-refractivity contribution in [2.45, 2.75) is 45.3 Å². The molecule has 0 radical (unpaired) electrons. The van der Waals surface area contributed by atoms with Gasteiger partial charge in [-0.25, -0.2) is 4.99 Å². The van der Waals surface area contributed by atoms with E-state index in [1.807, 2.05) is 12.1 Å². The number of hydrogen-bond donors (Lipinski definition) is 2. The van der Waals surface area contributed by atoms with Crippen molar-refractivity contribution in [2.75, 3.05) is 19.6 Å². The second-order valence-electron chi connectivity index (χ2n) is 7.28. The van der Waals surface area contributed by atoms with E-state index in [1.54, 1.807) is 18.4 Å². The molecule has 1 fully saturated rings. The lowest BCUT2D eigenvalue weighted by molar-refractivity contribution is -0.384. The Hall–Kier alpha value is -2.87. The van der Waals surface area contributed by atoms with Gasteiger partial charge in [-0.2, -0.15) is 0 Å². The van der Waals surface area contributed by atoms with Gasteiger partial charge in [-0.3, -0.25) is 10.1 Å². The predicted molar refractivity (Wildman–Crippen MR) is 113 cm³/mol. The fourth-order valence-corrected chi connectivity index (χ4v) is 3.44. The van der Waals surface area contributed by atoms with Gasteiger partial charge in [-0.1, -0.05) is 19.1 Å². The van der Waals surface area contributed by atoms with Crippen molar-refractivity contribution in [3.8, 4) is 0 Å². The monoisotopic (exact) mass is 399 g/mol. The lowest BCUT2D eigenvalue weighted by Crippen LogP contribution is -2.48. The summed E-state index contributed by atoms with van der Waals surface area (Å²) >= 11 is 0. The summed E-state index contributed by atoms with van der Waals surface area (Å²) in [5, 5.41) is 17.7. The molecule has 2 N–H and O–H groups in total. The molecule has 0 bridgehead atoms. The number of likely N-dealkylation sites (tertiary alicyclic amines) is 1. The van der Waals surface area contributed by atoms with Gasteiger partial charge < -0.3 is 20.0 Å². The summed E-state index contributed by atoms with van der Waals surface area (Å²) < 4.78 is 5.40. The largest absolute Gasteiger partial charge is 0.467 e. The number of nitrogens with zero attached hydrogens (tertiary/aromatic N) is 3. The maximum atomic E-state index is 10.8. The number of furan rings is 1. The van der Waals surface area contributed by atoms with Crippen LogP contribution in [0.2, 0.25) is 0 Å². The van der Waals surface area contributed by atoms with Crippen molar-refractivity contribution in [3.05, 3.63) is 64.1 Å². The van der Waals surface area contributed by atoms with Crippen LogP contribution in [0.1, 0.15) is 37.5 Å². The highest BCUT2D eigenvalue weighted by atomic mass is 16.6. The van der Waals surface area contributed by atoms with Crippen LogP contribution in [0.5, 0.6) is 0 Å². The Bertz CT molecular complexity index is 781. The highest BCUT2D eigenvalue weighted by Gasteiger charge is 2.19. The number of piperidine rings is 1. The molecule has 0 amide bonds. The number of hydrogen-bond acceptors (Lipinski definition) is 5. The van der Waals surface area contributed by atoms with Gasteiger partial charge in [0.1, 0.15) is 5.76 Å². The van der Waals surface area contributed by atoms with Crippen molar-refractivity contribution in [2.24, 2.45) is 4.99 Å². The number of nitrogens with one attached hydrogen (secondary N) is 2. The highest BCUT2D eigenvalue weighted by Crippen LogP contribution is 2.13. The molecule has 1 aromatic carbocycles. The van der Waals surface area contributed by atoms with Gasteiger partial charge in [0.25, 0.3) is 5.69 Å². The zero-order chi connectivity index (χ0) is 20.5. The Morgan fingerprint density at radius 1 is 1.28 bits per heavy atom. The third-order valence-corrected chi connectivity index (χ3v) is 5.05. The molecule has 2 aromatic rings. The Kier molecular flexibility index (Phi) is 7.63. The summed E-state index contributed by atoms with van der Waals surface area (Å²) in [5.74, 6) is 1.57. The second-order valence-corrected chi connectivity index (χ2v) is 7.28.